The van der Waals surface area contributed by atoms with Gasteiger partial charge in [-0.15, -0.1) is 0 Å². The molecule has 0 spiro atoms. The second-order valence-corrected chi connectivity index (χ2v) is 7.16. The molecule has 1 N–H and O–H groups in total. The predicted octanol–water partition coefficient (Wildman–Crippen LogP) is 4.97. The van der Waals surface area contributed by atoms with Crippen molar-refractivity contribution in [3.63, 3.8) is 0 Å². The molecule has 0 aliphatic carbocycles. The average Bonchev–Trinajstić information content (AvgIpc) is 2.62. The van der Waals surface area contributed by atoms with Crippen LogP contribution in [-0.2, 0) is 6.54 Å². The molecule has 1 aliphatic heterocycles. The normalized spacial score (nSPS) is 16.9. The molecule has 3 heteroatoms. The minimum absolute atomic E-state index is 0.351. The molecular weight excluding hydrogens is 316 g/mol. The van der Waals surface area contributed by atoms with Crippen LogP contribution in [0.4, 0.5) is 0 Å². The Kier molecular flexibility index (Phi) is 6.30. The van der Waals surface area contributed by atoms with E-state index in [0.29, 0.717) is 6.04 Å². The maximum absolute atomic E-state index is 6.50. The summed E-state index contributed by atoms with van der Waals surface area (Å²) in [5, 5.41) is 4.52. The zero-order valence-corrected chi connectivity index (χ0v) is 15.2. The smallest absolute Gasteiger partial charge is 0.0487 e. The standard InChI is InChI=1S/C21H27ClN2/c1-17-9-11-18(12-10-17)15-23-16-21(24-13-5-2-6-14-24)19-7-3-4-8-20(19)22/h3-4,7-12,21,23H,2,5-6,13-16H2,1H3. The average molecular weight is 343 g/mol. The van der Waals surface area contributed by atoms with Gasteiger partial charge in [-0.3, -0.25) is 4.90 Å². The van der Waals surface area contributed by atoms with E-state index in [4.69, 9.17) is 11.6 Å². The van der Waals surface area contributed by atoms with Crippen molar-refractivity contribution in [2.75, 3.05) is 19.6 Å². The molecule has 1 fully saturated rings. The highest BCUT2D eigenvalue weighted by molar-refractivity contribution is 6.31. The zero-order chi connectivity index (χ0) is 16.8. The van der Waals surface area contributed by atoms with Crippen molar-refractivity contribution in [3.05, 3.63) is 70.2 Å². The van der Waals surface area contributed by atoms with E-state index in [0.717, 1.165) is 18.1 Å². The van der Waals surface area contributed by atoms with Gasteiger partial charge in [-0.2, -0.15) is 0 Å². The van der Waals surface area contributed by atoms with Crippen molar-refractivity contribution in [1.82, 2.24) is 10.2 Å². The number of hydrogen-bond acceptors (Lipinski definition) is 2. The van der Waals surface area contributed by atoms with Crippen molar-refractivity contribution < 1.29 is 0 Å². The summed E-state index contributed by atoms with van der Waals surface area (Å²) in [5.41, 5.74) is 3.88. The van der Waals surface area contributed by atoms with Gasteiger partial charge in [0.15, 0.2) is 0 Å². The molecule has 0 bridgehead atoms. The van der Waals surface area contributed by atoms with Gasteiger partial charge in [0, 0.05) is 24.2 Å². The van der Waals surface area contributed by atoms with E-state index in [1.807, 2.05) is 12.1 Å². The first-order valence-corrected chi connectivity index (χ1v) is 9.36. The second kappa shape index (κ2) is 8.66. The molecule has 1 saturated heterocycles. The van der Waals surface area contributed by atoms with Crippen LogP contribution in [0.5, 0.6) is 0 Å². The molecule has 0 amide bonds. The molecule has 2 nitrogen and oxygen atoms in total. The minimum atomic E-state index is 0.351. The van der Waals surface area contributed by atoms with Crippen LogP contribution in [0, 0.1) is 6.92 Å². The molecule has 1 heterocycles. The predicted molar refractivity (Wildman–Crippen MR) is 103 cm³/mol. The van der Waals surface area contributed by atoms with Crippen LogP contribution in [-0.4, -0.2) is 24.5 Å². The lowest BCUT2D eigenvalue weighted by atomic mass is 10.0. The molecule has 0 aromatic heterocycles. The maximum Gasteiger partial charge on any atom is 0.0487 e. The third kappa shape index (κ3) is 4.60. The molecule has 24 heavy (non-hydrogen) atoms. The second-order valence-electron chi connectivity index (χ2n) is 6.75. The monoisotopic (exact) mass is 342 g/mol. The Morgan fingerprint density at radius 2 is 1.71 bits per heavy atom. The maximum atomic E-state index is 6.50. The van der Waals surface area contributed by atoms with Crippen LogP contribution in [0.25, 0.3) is 0 Å². The highest BCUT2D eigenvalue weighted by Gasteiger charge is 2.23. The van der Waals surface area contributed by atoms with Gasteiger partial charge in [0.1, 0.15) is 0 Å². The van der Waals surface area contributed by atoms with E-state index >= 15 is 0 Å². The third-order valence-corrected chi connectivity index (χ3v) is 5.23. The summed E-state index contributed by atoms with van der Waals surface area (Å²) in [6.45, 7) is 6.29. The number of rotatable bonds is 6. The largest absolute Gasteiger partial charge is 0.311 e. The number of nitrogens with zero attached hydrogens (tertiary/aromatic N) is 1. The molecule has 3 rings (SSSR count). The van der Waals surface area contributed by atoms with E-state index in [-0.39, 0.29) is 0 Å². The molecule has 0 radical (unpaired) electrons. The van der Waals surface area contributed by atoms with Crippen molar-refractivity contribution in [2.45, 2.75) is 38.8 Å². The zero-order valence-electron chi connectivity index (χ0n) is 14.5. The summed E-state index contributed by atoms with van der Waals surface area (Å²) < 4.78 is 0. The highest BCUT2D eigenvalue weighted by atomic mass is 35.5. The molecular formula is C21H27ClN2. The highest BCUT2D eigenvalue weighted by Crippen LogP contribution is 2.29. The van der Waals surface area contributed by atoms with Crippen molar-refractivity contribution in [1.29, 1.82) is 0 Å². The van der Waals surface area contributed by atoms with E-state index in [2.05, 4.69) is 53.5 Å². The molecule has 0 saturated carbocycles. The van der Waals surface area contributed by atoms with E-state index in [1.165, 1.54) is 49.0 Å². The van der Waals surface area contributed by atoms with Crippen molar-refractivity contribution in [3.8, 4) is 0 Å². The molecule has 2 aromatic carbocycles. The van der Waals surface area contributed by atoms with Gasteiger partial charge in [-0.25, -0.2) is 0 Å². The van der Waals surface area contributed by atoms with Gasteiger partial charge in [0.2, 0.25) is 0 Å². The van der Waals surface area contributed by atoms with Gasteiger partial charge in [-0.05, 0) is 50.0 Å². The first-order chi connectivity index (χ1) is 11.7. The minimum Gasteiger partial charge on any atom is -0.311 e. The van der Waals surface area contributed by atoms with E-state index in [1.54, 1.807) is 0 Å². The Labute approximate surface area is 150 Å². The number of nitrogens with one attached hydrogen (secondary N) is 1. The van der Waals surface area contributed by atoms with Crippen molar-refractivity contribution in [2.24, 2.45) is 0 Å². The van der Waals surface area contributed by atoms with Crippen molar-refractivity contribution >= 4 is 11.6 Å². The number of aryl methyl sites for hydroxylation is 1. The Hall–Kier alpha value is -1.35. The van der Waals surface area contributed by atoms with Gasteiger partial charge in [-0.1, -0.05) is 66.0 Å². The summed E-state index contributed by atoms with van der Waals surface area (Å²) in [7, 11) is 0. The molecule has 1 atom stereocenters. The lowest BCUT2D eigenvalue weighted by molar-refractivity contribution is 0.160. The van der Waals surface area contributed by atoms with Crippen LogP contribution < -0.4 is 5.32 Å². The fraction of sp³-hybridized carbons (Fsp3) is 0.429. The van der Waals surface area contributed by atoms with Gasteiger partial charge < -0.3 is 5.32 Å². The number of benzene rings is 2. The summed E-state index contributed by atoms with van der Waals surface area (Å²) in [5.74, 6) is 0. The molecule has 128 valence electrons. The fourth-order valence-electron chi connectivity index (χ4n) is 3.47. The third-order valence-electron chi connectivity index (χ3n) is 4.88. The summed E-state index contributed by atoms with van der Waals surface area (Å²) in [6, 6.07) is 17.4. The number of piperidine rings is 1. The molecule has 1 aliphatic rings. The topological polar surface area (TPSA) is 15.3 Å². The Bertz CT molecular complexity index is 633. The van der Waals surface area contributed by atoms with E-state index < -0.39 is 0 Å². The van der Waals surface area contributed by atoms with Gasteiger partial charge >= 0.3 is 0 Å². The lowest BCUT2D eigenvalue weighted by Gasteiger charge is -2.35. The molecule has 1 unspecified atom stereocenters. The first-order valence-electron chi connectivity index (χ1n) is 8.99. The summed E-state index contributed by atoms with van der Waals surface area (Å²) >= 11 is 6.50. The quantitative estimate of drug-likeness (QED) is 0.797. The van der Waals surface area contributed by atoms with Gasteiger partial charge in [0.25, 0.3) is 0 Å². The van der Waals surface area contributed by atoms with Crippen LogP contribution in [0.2, 0.25) is 5.02 Å². The Morgan fingerprint density at radius 1 is 1.00 bits per heavy atom. The number of halogens is 1. The Balaban J connectivity index is 1.67. The summed E-state index contributed by atoms with van der Waals surface area (Å²) in [6.07, 6.45) is 3.93. The Morgan fingerprint density at radius 3 is 2.42 bits per heavy atom. The first kappa shape index (κ1) is 17.5. The lowest BCUT2D eigenvalue weighted by Crippen LogP contribution is -2.39. The van der Waals surface area contributed by atoms with Crippen LogP contribution in [0.3, 0.4) is 0 Å². The van der Waals surface area contributed by atoms with Crippen LogP contribution in [0.1, 0.15) is 42.0 Å². The fourth-order valence-corrected chi connectivity index (χ4v) is 3.73. The van der Waals surface area contributed by atoms with Crippen LogP contribution >= 0.6 is 11.6 Å². The SMILES string of the molecule is Cc1ccc(CNCC(c2ccccc2Cl)N2CCCCC2)cc1. The van der Waals surface area contributed by atoms with Crippen LogP contribution in [0.15, 0.2) is 48.5 Å². The van der Waals surface area contributed by atoms with E-state index in [9.17, 15) is 0 Å². The van der Waals surface area contributed by atoms with Gasteiger partial charge in [0.05, 0.1) is 0 Å². The molecule has 2 aromatic rings. The number of hydrogen-bond donors (Lipinski definition) is 1. The number of likely N-dealkylation sites (tertiary alicyclic amines) is 1. The summed E-state index contributed by atoms with van der Waals surface area (Å²) in [4.78, 5) is 2.59.